The molecule has 0 aliphatic carbocycles. The number of halogens is 1. The van der Waals surface area contributed by atoms with E-state index in [4.69, 9.17) is 12.2 Å². The number of anilines is 1. The summed E-state index contributed by atoms with van der Waals surface area (Å²) in [4.78, 5) is 10.1. The van der Waals surface area contributed by atoms with Gasteiger partial charge in [0.1, 0.15) is 5.75 Å². The molecule has 0 unspecified atom stereocenters. The zero-order chi connectivity index (χ0) is 19.1. The number of hydrogen-bond donors (Lipinski definition) is 3. The molecule has 1 saturated heterocycles. The van der Waals surface area contributed by atoms with Crippen LogP contribution in [0.3, 0.4) is 0 Å². The minimum absolute atomic E-state index is 0.0474. The quantitative estimate of drug-likeness (QED) is 0.373. The monoisotopic (exact) mass is 490 g/mol. The maximum atomic E-state index is 9.69. The van der Waals surface area contributed by atoms with Crippen LogP contribution in [0.15, 0.2) is 48.7 Å². The lowest BCUT2D eigenvalue weighted by Gasteiger charge is -2.28. The fraction of sp³-hybridized carbons (Fsp3) is 0.200. The summed E-state index contributed by atoms with van der Waals surface area (Å²) in [6, 6.07) is 13.0. The Balaban J connectivity index is 1.89. The van der Waals surface area contributed by atoms with Crippen molar-refractivity contribution >= 4 is 45.6 Å². The van der Waals surface area contributed by atoms with Crippen molar-refractivity contribution < 1.29 is 5.11 Å². The highest BCUT2D eigenvalue weighted by Crippen LogP contribution is 2.44. The fourth-order valence-corrected chi connectivity index (χ4v) is 4.87. The van der Waals surface area contributed by atoms with Gasteiger partial charge in [-0.15, -0.1) is 0 Å². The maximum Gasteiger partial charge on any atom is 0.174 e. The van der Waals surface area contributed by atoms with E-state index in [1.807, 2.05) is 30.3 Å². The van der Waals surface area contributed by atoms with Gasteiger partial charge in [-0.25, -0.2) is 0 Å². The largest absolute Gasteiger partial charge is 0.508 e. The SMILES string of the molecule is Cc1[nH]c(C)c([C@@H]2[C@@H](c3ccccn3)NC(=S)N2c2ccc(O)cc2)c1I. The van der Waals surface area contributed by atoms with Crippen LogP contribution in [0.4, 0.5) is 5.69 Å². The minimum atomic E-state index is -0.0741. The van der Waals surface area contributed by atoms with Crippen LogP contribution in [0.2, 0.25) is 0 Å². The number of hydrogen-bond acceptors (Lipinski definition) is 3. The lowest BCUT2D eigenvalue weighted by Crippen LogP contribution is -2.29. The Kier molecular flexibility index (Phi) is 4.81. The second-order valence-electron chi connectivity index (χ2n) is 6.62. The first-order valence-corrected chi connectivity index (χ1v) is 10.1. The number of phenols is 1. The van der Waals surface area contributed by atoms with Crippen LogP contribution < -0.4 is 10.2 Å². The Bertz CT molecular complexity index is 987. The first kappa shape index (κ1) is 18.2. The second-order valence-corrected chi connectivity index (χ2v) is 8.08. The van der Waals surface area contributed by atoms with Crippen molar-refractivity contribution in [3.8, 4) is 5.75 Å². The Labute approximate surface area is 177 Å². The molecule has 3 N–H and O–H groups in total. The van der Waals surface area contributed by atoms with Crippen LogP contribution >= 0.6 is 34.8 Å². The van der Waals surface area contributed by atoms with E-state index in [-0.39, 0.29) is 17.8 Å². The van der Waals surface area contributed by atoms with Crippen LogP contribution in [0.25, 0.3) is 0 Å². The number of aromatic amines is 1. The first-order valence-electron chi connectivity index (χ1n) is 8.61. The second kappa shape index (κ2) is 7.12. The van der Waals surface area contributed by atoms with Gasteiger partial charge in [0.2, 0.25) is 0 Å². The number of aromatic nitrogens is 2. The van der Waals surface area contributed by atoms with Crippen molar-refractivity contribution in [2.24, 2.45) is 0 Å². The van der Waals surface area contributed by atoms with Crippen molar-refractivity contribution in [2.45, 2.75) is 25.9 Å². The predicted molar refractivity (Wildman–Crippen MR) is 119 cm³/mol. The van der Waals surface area contributed by atoms with Crippen molar-refractivity contribution in [3.63, 3.8) is 0 Å². The van der Waals surface area contributed by atoms with E-state index < -0.39 is 0 Å². The lowest BCUT2D eigenvalue weighted by molar-refractivity contribution is 0.475. The van der Waals surface area contributed by atoms with Crippen LogP contribution in [-0.2, 0) is 0 Å². The number of nitrogens with one attached hydrogen (secondary N) is 2. The molecule has 2 aromatic heterocycles. The van der Waals surface area contributed by atoms with Crippen LogP contribution in [0.1, 0.15) is 34.7 Å². The zero-order valence-electron chi connectivity index (χ0n) is 14.9. The summed E-state index contributed by atoms with van der Waals surface area (Å²) < 4.78 is 1.20. The number of aryl methyl sites for hydroxylation is 2. The predicted octanol–water partition coefficient (Wildman–Crippen LogP) is 4.51. The molecule has 0 bridgehead atoms. The number of benzene rings is 1. The summed E-state index contributed by atoms with van der Waals surface area (Å²) in [7, 11) is 0. The minimum Gasteiger partial charge on any atom is -0.508 e. The summed E-state index contributed by atoms with van der Waals surface area (Å²) in [5.74, 6) is 0.234. The number of pyridine rings is 1. The molecule has 3 heterocycles. The number of rotatable bonds is 3. The fourth-order valence-electron chi connectivity index (χ4n) is 3.66. The number of thiocarbonyl (C=S) groups is 1. The van der Waals surface area contributed by atoms with E-state index in [9.17, 15) is 5.11 Å². The van der Waals surface area contributed by atoms with Crippen molar-refractivity contribution in [2.75, 3.05) is 4.90 Å². The maximum absolute atomic E-state index is 9.69. The molecule has 27 heavy (non-hydrogen) atoms. The van der Waals surface area contributed by atoms with Crippen LogP contribution in [0.5, 0.6) is 5.75 Å². The van der Waals surface area contributed by atoms with Crippen molar-refractivity contribution in [1.29, 1.82) is 0 Å². The van der Waals surface area contributed by atoms with E-state index in [1.165, 1.54) is 9.13 Å². The normalized spacial score (nSPS) is 19.4. The molecule has 1 aliphatic heterocycles. The summed E-state index contributed by atoms with van der Waals surface area (Å²) in [5, 5.41) is 13.8. The molecule has 4 rings (SSSR count). The van der Waals surface area contributed by atoms with Gasteiger partial charge in [0, 0.05) is 32.4 Å². The Hall–Kier alpha value is -2.13. The summed E-state index contributed by atoms with van der Waals surface area (Å²) >= 11 is 8.11. The van der Waals surface area contributed by atoms with E-state index in [0.29, 0.717) is 5.11 Å². The molecule has 2 atom stereocenters. The molecule has 7 heteroatoms. The van der Waals surface area contributed by atoms with Gasteiger partial charge in [-0.3, -0.25) is 4.98 Å². The van der Waals surface area contributed by atoms with Crippen molar-refractivity contribution in [1.82, 2.24) is 15.3 Å². The van der Waals surface area contributed by atoms with Gasteiger partial charge in [0.25, 0.3) is 0 Å². The molecule has 3 aromatic rings. The van der Waals surface area contributed by atoms with Crippen LogP contribution in [0, 0.1) is 17.4 Å². The van der Waals surface area contributed by atoms with E-state index >= 15 is 0 Å². The Morgan fingerprint density at radius 1 is 1.11 bits per heavy atom. The summed E-state index contributed by atoms with van der Waals surface area (Å²) in [5.41, 5.74) is 5.36. The molecule has 1 fully saturated rings. The number of phenolic OH excluding ortho intramolecular Hbond substituents is 1. The molecule has 0 spiro atoms. The van der Waals surface area contributed by atoms with Crippen LogP contribution in [-0.4, -0.2) is 20.2 Å². The summed E-state index contributed by atoms with van der Waals surface area (Å²) in [6.45, 7) is 4.18. The van der Waals surface area contributed by atoms with Crippen molar-refractivity contribution in [3.05, 3.63) is 74.9 Å². The highest BCUT2D eigenvalue weighted by Gasteiger charge is 2.42. The highest BCUT2D eigenvalue weighted by atomic mass is 127. The highest BCUT2D eigenvalue weighted by molar-refractivity contribution is 14.1. The van der Waals surface area contributed by atoms with E-state index in [1.54, 1.807) is 18.3 Å². The number of nitrogens with zero attached hydrogens (tertiary/aromatic N) is 2. The summed E-state index contributed by atoms with van der Waals surface area (Å²) in [6.07, 6.45) is 1.81. The van der Waals surface area contributed by atoms with Gasteiger partial charge in [-0.2, -0.15) is 0 Å². The number of H-pyrrole nitrogens is 1. The van der Waals surface area contributed by atoms with E-state index in [0.717, 1.165) is 22.8 Å². The number of aromatic hydroxyl groups is 1. The molecular weight excluding hydrogens is 471 g/mol. The van der Waals surface area contributed by atoms with Gasteiger partial charge >= 0.3 is 0 Å². The van der Waals surface area contributed by atoms with Gasteiger partial charge in [-0.1, -0.05) is 6.07 Å². The molecule has 0 saturated carbocycles. The third kappa shape index (κ3) is 3.19. The molecule has 138 valence electrons. The molecule has 1 aliphatic rings. The average Bonchev–Trinajstić information content (AvgIpc) is 3.12. The van der Waals surface area contributed by atoms with Gasteiger partial charge in [-0.05, 0) is 85.1 Å². The van der Waals surface area contributed by atoms with E-state index in [2.05, 4.69) is 56.6 Å². The third-order valence-corrected chi connectivity index (χ3v) is 6.57. The lowest BCUT2D eigenvalue weighted by atomic mass is 9.96. The smallest absolute Gasteiger partial charge is 0.174 e. The average molecular weight is 490 g/mol. The standard InChI is InChI=1S/C20H19IN4OS/c1-11-16(17(21)12(2)23-11)19-18(15-5-3-4-10-22-15)24-20(27)25(19)13-6-8-14(26)9-7-13/h3-10,18-19,23,26H,1-2H3,(H,24,27)/t18-,19-/m1/s1. The first-order chi connectivity index (χ1) is 13.0. The molecule has 0 amide bonds. The zero-order valence-corrected chi connectivity index (χ0v) is 17.9. The molecule has 1 aromatic carbocycles. The third-order valence-electron chi connectivity index (χ3n) is 4.87. The topological polar surface area (TPSA) is 64.2 Å². The van der Waals surface area contributed by atoms with Gasteiger partial charge in [0.05, 0.1) is 17.8 Å². The Morgan fingerprint density at radius 3 is 2.44 bits per heavy atom. The van der Waals surface area contributed by atoms with Gasteiger partial charge in [0.15, 0.2) is 5.11 Å². The molecule has 0 radical (unpaired) electrons. The molecule has 5 nitrogen and oxygen atoms in total. The molecular formula is C20H19IN4OS. The van der Waals surface area contributed by atoms with Gasteiger partial charge < -0.3 is 20.3 Å². The Morgan fingerprint density at radius 2 is 1.85 bits per heavy atom.